The number of fused-ring (bicyclic) bond motifs is 5. The first-order valence-corrected chi connectivity index (χ1v) is 9.01. The molecule has 0 saturated carbocycles. The van der Waals surface area contributed by atoms with Crippen LogP contribution in [0.25, 0.3) is 10.9 Å². The molecule has 4 aliphatic heterocycles. The molecule has 4 nitrogen and oxygen atoms in total. The lowest BCUT2D eigenvalue weighted by molar-refractivity contribution is -0.155. The quantitative estimate of drug-likeness (QED) is 0.744. The van der Waals surface area contributed by atoms with E-state index in [9.17, 15) is 0 Å². The van der Waals surface area contributed by atoms with E-state index in [2.05, 4.69) is 45.1 Å². The molecule has 3 aromatic rings. The molecule has 1 aromatic carbocycles. The normalized spacial score (nSPS) is 32.0. The van der Waals surface area contributed by atoms with Gasteiger partial charge in [-0.15, -0.1) is 0 Å². The zero-order chi connectivity index (χ0) is 15.7. The number of para-hydroxylation sites is 1. The van der Waals surface area contributed by atoms with Crippen LogP contribution in [0.2, 0.25) is 0 Å². The average molecular weight is 319 g/mol. The lowest BCUT2D eigenvalue weighted by Gasteiger charge is -2.61. The van der Waals surface area contributed by atoms with Crippen molar-refractivity contribution in [2.45, 2.75) is 31.0 Å². The first-order valence-electron chi connectivity index (χ1n) is 9.01. The van der Waals surface area contributed by atoms with Crippen molar-refractivity contribution in [2.24, 2.45) is 0 Å². The van der Waals surface area contributed by atoms with E-state index in [1.54, 1.807) is 5.56 Å². The molecule has 2 bridgehead atoms. The first-order chi connectivity index (χ1) is 11.9. The SMILES string of the molecule is c1coc([C@H]2N3CCC4(CC3)c3[nH]c5ccccc5c3CCN24)c1. The van der Waals surface area contributed by atoms with Crippen LogP contribution in [0.5, 0.6) is 0 Å². The Kier molecular flexibility index (Phi) is 2.50. The molecule has 6 heterocycles. The highest BCUT2D eigenvalue weighted by Gasteiger charge is 2.55. The summed E-state index contributed by atoms with van der Waals surface area (Å²) in [5.74, 6) is 1.10. The number of hydrogen-bond donors (Lipinski definition) is 1. The molecule has 0 aliphatic carbocycles. The summed E-state index contributed by atoms with van der Waals surface area (Å²) in [6.07, 6.45) is 5.64. The summed E-state index contributed by atoms with van der Waals surface area (Å²) >= 11 is 0. The molecule has 3 fully saturated rings. The van der Waals surface area contributed by atoms with Gasteiger partial charge in [0.15, 0.2) is 0 Å². The van der Waals surface area contributed by atoms with Crippen molar-refractivity contribution in [3.05, 3.63) is 59.7 Å². The van der Waals surface area contributed by atoms with Gasteiger partial charge in [-0.1, -0.05) is 18.2 Å². The van der Waals surface area contributed by atoms with Crippen LogP contribution in [0.1, 0.15) is 36.0 Å². The Balaban J connectivity index is 1.56. The number of rotatable bonds is 1. The molecule has 1 N–H and O–H groups in total. The maximum Gasteiger partial charge on any atom is 0.135 e. The van der Waals surface area contributed by atoms with E-state index in [-0.39, 0.29) is 5.54 Å². The lowest BCUT2D eigenvalue weighted by atomic mass is 9.74. The average Bonchev–Trinajstić information content (AvgIpc) is 3.29. The molecule has 1 atom stereocenters. The number of furan rings is 1. The molecular weight excluding hydrogens is 298 g/mol. The van der Waals surface area contributed by atoms with Crippen molar-refractivity contribution in [1.82, 2.24) is 14.8 Å². The van der Waals surface area contributed by atoms with Gasteiger partial charge < -0.3 is 9.40 Å². The maximum atomic E-state index is 5.82. The third-order valence-electron chi connectivity index (χ3n) is 6.50. The van der Waals surface area contributed by atoms with Gasteiger partial charge in [0.1, 0.15) is 11.9 Å². The van der Waals surface area contributed by atoms with E-state index in [0.29, 0.717) is 6.17 Å². The smallest absolute Gasteiger partial charge is 0.135 e. The summed E-state index contributed by atoms with van der Waals surface area (Å²) in [7, 11) is 0. The Bertz CT molecular complexity index is 902. The van der Waals surface area contributed by atoms with Crippen molar-refractivity contribution in [3.63, 3.8) is 0 Å². The fourth-order valence-electron chi connectivity index (χ4n) is 5.45. The van der Waals surface area contributed by atoms with Crippen LogP contribution in [-0.2, 0) is 12.0 Å². The minimum atomic E-state index is 0.152. The fraction of sp³-hybridized carbons (Fsp3) is 0.400. The van der Waals surface area contributed by atoms with Crippen LogP contribution in [-0.4, -0.2) is 34.4 Å². The van der Waals surface area contributed by atoms with E-state index >= 15 is 0 Å². The molecule has 0 unspecified atom stereocenters. The maximum absolute atomic E-state index is 5.82. The molecule has 0 radical (unpaired) electrons. The van der Waals surface area contributed by atoms with Gasteiger partial charge >= 0.3 is 0 Å². The highest BCUT2D eigenvalue weighted by molar-refractivity contribution is 5.85. The number of nitrogens with zero attached hydrogens (tertiary/aromatic N) is 2. The first kappa shape index (κ1) is 13.3. The lowest BCUT2D eigenvalue weighted by Crippen LogP contribution is -2.66. The molecule has 122 valence electrons. The van der Waals surface area contributed by atoms with Crippen LogP contribution in [0.15, 0.2) is 47.1 Å². The Labute approximate surface area is 141 Å². The van der Waals surface area contributed by atoms with Crippen molar-refractivity contribution >= 4 is 10.9 Å². The van der Waals surface area contributed by atoms with E-state index in [1.807, 2.05) is 12.3 Å². The second-order valence-corrected chi connectivity index (χ2v) is 7.42. The molecule has 4 aliphatic rings. The van der Waals surface area contributed by atoms with E-state index in [0.717, 1.165) is 31.8 Å². The van der Waals surface area contributed by atoms with Gasteiger partial charge in [0.2, 0.25) is 0 Å². The van der Waals surface area contributed by atoms with Gasteiger partial charge in [0.05, 0.1) is 11.8 Å². The number of aromatic nitrogens is 1. The summed E-state index contributed by atoms with van der Waals surface area (Å²) in [6.45, 7) is 3.41. The van der Waals surface area contributed by atoms with Crippen molar-refractivity contribution < 1.29 is 4.42 Å². The Hall–Kier alpha value is -2.04. The fourth-order valence-corrected chi connectivity index (χ4v) is 5.45. The highest BCUT2D eigenvalue weighted by Crippen LogP contribution is 2.53. The zero-order valence-electron chi connectivity index (χ0n) is 13.7. The molecule has 3 saturated heterocycles. The summed E-state index contributed by atoms with van der Waals surface area (Å²) in [6, 6.07) is 12.9. The Morgan fingerprint density at radius 3 is 2.75 bits per heavy atom. The molecule has 1 spiro atoms. The van der Waals surface area contributed by atoms with Crippen molar-refractivity contribution in [1.29, 1.82) is 0 Å². The van der Waals surface area contributed by atoms with E-state index in [1.165, 1.54) is 29.4 Å². The third-order valence-corrected chi connectivity index (χ3v) is 6.50. The summed E-state index contributed by atoms with van der Waals surface area (Å²) in [5.41, 5.74) is 4.47. The number of aromatic amines is 1. The standard InChI is InChI=1S/C20H21N3O/c1-2-5-16-14(4-1)15-7-10-23-19(17-6-3-13-24-17)22-11-8-20(23,9-12-22)18(15)21-16/h1-6,13,19,21H,7-12H2/t19-/m0/s1. The van der Waals surface area contributed by atoms with Gasteiger partial charge in [0, 0.05) is 36.2 Å². The van der Waals surface area contributed by atoms with Gasteiger partial charge in [-0.2, -0.15) is 0 Å². The molecule has 4 heteroatoms. The minimum absolute atomic E-state index is 0.152. The molecule has 2 aromatic heterocycles. The summed E-state index contributed by atoms with van der Waals surface area (Å²) in [4.78, 5) is 9.10. The monoisotopic (exact) mass is 319 g/mol. The molecule has 0 amide bonds. The summed E-state index contributed by atoms with van der Waals surface area (Å²) < 4.78 is 5.82. The minimum Gasteiger partial charge on any atom is -0.466 e. The van der Waals surface area contributed by atoms with E-state index in [4.69, 9.17) is 4.42 Å². The van der Waals surface area contributed by atoms with Gasteiger partial charge in [0.25, 0.3) is 0 Å². The number of nitrogens with one attached hydrogen (secondary N) is 1. The summed E-state index contributed by atoms with van der Waals surface area (Å²) in [5, 5.41) is 1.42. The Morgan fingerprint density at radius 1 is 1.04 bits per heavy atom. The predicted molar refractivity (Wildman–Crippen MR) is 92.6 cm³/mol. The topological polar surface area (TPSA) is 35.4 Å². The molecular formula is C20H21N3O. The largest absolute Gasteiger partial charge is 0.466 e. The van der Waals surface area contributed by atoms with Gasteiger partial charge in [-0.05, 0) is 43.0 Å². The van der Waals surface area contributed by atoms with E-state index < -0.39 is 0 Å². The molecule has 7 rings (SSSR count). The number of H-pyrrole nitrogens is 1. The molecule has 24 heavy (non-hydrogen) atoms. The van der Waals surface area contributed by atoms with Crippen LogP contribution in [0, 0.1) is 0 Å². The number of piperidine rings is 1. The van der Waals surface area contributed by atoms with Crippen LogP contribution < -0.4 is 0 Å². The van der Waals surface area contributed by atoms with Crippen molar-refractivity contribution in [3.8, 4) is 0 Å². The third kappa shape index (κ3) is 1.51. The van der Waals surface area contributed by atoms with Gasteiger partial charge in [-0.3, -0.25) is 9.80 Å². The van der Waals surface area contributed by atoms with Crippen LogP contribution in [0.3, 0.4) is 0 Å². The van der Waals surface area contributed by atoms with Crippen molar-refractivity contribution in [2.75, 3.05) is 19.6 Å². The number of hydrogen-bond acceptors (Lipinski definition) is 3. The van der Waals surface area contributed by atoms with Crippen LogP contribution in [0.4, 0.5) is 0 Å². The number of benzene rings is 1. The second-order valence-electron chi connectivity index (χ2n) is 7.42. The zero-order valence-corrected chi connectivity index (χ0v) is 13.7. The Morgan fingerprint density at radius 2 is 1.92 bits per heavy atom. The highest BCUT2D eigenvalue weighted by atomic mass is 16.3. The van der Waals surface area contributed by atoms with Gasteiger partial charge in [-0.25, -0.2) is 0 Å². The van der Waals surface area contributed by atoms with Crippen LogP contribution >= 0.6 is 0 Å². The predicted octanol–water partition coefficient (Wildman–Crippen LogP) is 3.62. The second kappa shape index (κ2) is 4.52.